The van der Waals surface area contributed by atoms with Gasteiger partial charge in [0.05, 0.1) is 45.2 Å². The van der Waals surface area contributed by atoms with Crippen LogP contribution in [0.4, 0.5) is 0 Å². The molecule has 10 rings (SSSR count). The maximum Gasteiger partial charge on any atom is 0.164 e. The van der Waals surface area contributed by atoms with Gasteiger partial charge in [0.1, 0.15) is 0 Å². The lowest BCUT2D eigenvalue weighted by Crippen LogP contribution is -2.00. The minimum atomic E-state index is -1.20. The van der Waals surface area contributed by atoms with Crippen LogP contribution in [0.3, 0.4) is 0 Å². The number of hydrogen-bond acceptors (Lipinski definition) is 3. The topological polar surface area (TPSA) is 38.7 Å². The van der Waals surface area contributed by atoms with E-state index in [0.29, 0.717) is 0 Å². The van der Waals surface area contributed by atoms with E-state index in [1.54, 1.807) is 0 Å². The Morgan fingerprint density at radius 3 is 0.963 bits per heavy atom. The number of rotatable bonds is 6. The molecule has 1 aromatic heterocycles. The molecule has 54 heavy (non-hydrogen) atoms. The van der Waals surface area contributed by atoms with Crippen LogP contribution in [-0.4, -0.2) is 15.0 Å². The van der Waals surface area contributed by atoms with Crippen LogP contribution in [0.5, 0.6) is 0 Å². The van der Waals surface area contributed by atoms with E-state index in [2.05, 4.69) is 15.0 Å². The molecule has 9 aromatic carbocycles. The number of benzene rings is 9. The van der Waals surface area contributed by atoms with E-state index in [-0.39, 0.29) is 0 Å². The van der Waals surface area contributed by atoms with Crippen molar-refractivity contribution in [2.45, 2.75) is 0 Å². The second-order valence-electron chi connectivity index (χ2n) is 11.1. The predicted molar refractivity (Wildman–Crippen MR) is 225 cm³/mol. The van der Waals surface area contributed by atoms with Gasteiger partial charge in [-0.2, -0.15) is 0 Å². The van der Waals surface area contributed by atoms with Crippen molar-refractivity contribution in [2.24, 2.45) is 0 Å². The van der Waals surface area contributed by atoms with Crippen molar-refractivity contribution in [3.05, 3.63) is 199 Å². The lowest BCUT2D eigenvalue weighted by Gasteiger charge is -2.13. The smallest absolute Gasteiger partial charge is 0.164 e. The first-order valence-electron chi connectivity index (χ1n) is 32.1. The molecule has 0 bridgehead atoms. The van der Waals surface area contributed by atoms with Crippen molar-refractivity contribution in [3.8, 4) is 67.5 Å². The summed E-state index contributed by atoms with van der Waals surface area (Å²) in [5.41, 5.74) is -8.39. The summed E-state index contributed by atoms with van der Waals surface area (Å²) in [6, 6.07) is -32.9. The predicted octanol–water partition coefficient (Wildman–Crippen LogP) is 13.3. The van der Waals surface area contributed by atoms with Crippen molar-refractivity contribution >= 4 is 32.3 Å². The zero-order valence-electron chi connectivity index (χ0n) is 59.8. The molecule has 1 heterocycles. The van der Waals surface area contributed by atoms with E-state index in [1.807, 2.05) is 0 Å². The van der Waals surface area contributed by atoms with E-state index in [4.69, 9.17) is 34.3 Å². The largest absolute Gasteiger partial charge is 0.208 e. The summed E-state index contributed by atoms with van der Waals surface area (Å²) < 4.78 is 294. The molecule has 0 amide bonds. The Bertz CT molecular complexity index is 4720. The van der Waals surface area contributed by atoms with Gasteiger partial charge in [0.2, 0.25) is 0 Å². The zero-order valence-corrected chi connectivity index (χ0v) is 26.8. The fraction of sp³-hybridized carbons (Fsp3) is 0. The highest BCUT2D eigenvalue weighted by Crippen LogP contribution is 2.38. The Morgan fingerprint density at radius 2 is 0.519 bits per heavy atom. The molecule has 0 aliphatic heterocycles. The summed E-state index contributed by atoms with van der Waals surface area (Å²) in [6.07, 6.45) is 0. The fourth-order valence-electron chi connectivity index (χ4n) is 5.48. The molecular weight excluding hydrogens is 655 g/mol. The standard InChI is InChI=1S/C51H33N3/c1-3-14-34(15-4-1)49-52-50(35-16-5-2-6-17-35)54-51(53-49)42-23-13-22-40(32-42)38-20-11-18-36(30-38)37-19-12-21-39(31-37)41-28-29-47-45-26-8-7-24-43(45)44-25-9-10-27-46(44)48(47)33-41/h1-33H/i1D,2D,3D,4D,5D,6D,7D,8D,9D,10D,11D,12D,13D,14D,15D,16D,17D,18D,19D,20D,21D,22D,23D,24D,25D,26D,27D,28D,29D,30D,31D,32D,33D. The van der Waals surface area contributed by atoms with Crippen LogP contribution in [0.2, 0.25) is 0 Å². The van der Waals surface area contributed by atoms with Crippen LogP contribution in [0.15, 0.2) is 199 Å². The molecule has 0 atom stereocenters. The van der Waals surface area contributed by atoms with Crippen LogP contribution >= 0.6 is 0 Å². The van der Waals surface area contributed by atoms with Crippen LogP contribution < -0.4 is 0 Å². The molecule has 10 aromatic rings. The average molecular weight is 721 g/mol. The second kappa shape index (κ2) is 13.4. The highest BCUT2D eigenvalue weighted by molar-refractivity contribution is 6.25. The maximum atomic E-state index is 9.74. The molecule has 0 aliphatic rings. The van der Waals surface area contributed by atoms with Gasteiger partial charge in [-0.1, -0.05) is 175 Å². The molecule has 252 valence electrons. The molecule has 0 saturated heterocycles. The summed E-state index contributed by atoms with van der Waals surface area (Å²) in [7, 11) is 0. The highest BCUT2D eigenvalue weighted by Gasteiger charge is 2.14. The molecule has 0 radical (unpaired) electrons. The maximum absolute atomic E-state index is 9.74. The number of aromatic nitrogens is 3. The number of fused-ring (bicyclic) bond motifs is 6. The molecule has 0 N–H and O–H groups in total. The molecule has 0 fully saturated rings. The first-order valence-corrected chi connectivity index (χ1v) is 15.6. The number of nitrogens with zero attached hydrogens (tertiary/aromatic N) is 3. The van der Waals surface area contributed by atoms with Crippen molar-refractivity contribution in [1.29, 1.82) is 0 Å². The van der Waals surface area contributed by atoms with Gasteiger partial charge in [0, 0.05) is 16.7 Å². The van der Waals surface area contributed by atoms with Crippen LogP contribution in [-0.2, 0) is 0 Å². The second-order valence-corrected chi connectivity index (χ2v) is 11.1. The first kappa shape index (κ1) is 12.4. The summed E-state index contributed by atoms with van der Waals surface area (Å²) in [4.78, 5) is 12.6. The summed E-state index contributed by atoms with van der Waals surface area (Å²) in [5, 5.41) is -3.43. The third-order valence-corrected chi connectivity index (χ3v) is 7.87. The average Bonchev–Trinajstić information content (AvgIpc) is 0.703. The van der Waals surface area contributed by atoms with Crippen molar-refractivity contribution < 1.29 is 45.2 Å². The van der Waals surface area contributed by atoms with Gasteiger partial charge < -0.3 is 0 Å². The quantitative estimate of drug-likeness (QED) is 0.161. The lowest BCUT2D eigenvalue weighted by molar-refractivity contribution is 1.07. The number of hydrogen-bond donors (Lipinski definition) is 0. The Morgan fingerprint density at radius 1 is 0.222 bits per heavy atom. The summed E-state index contributed by atoms with van der Waals surface area (Å²) in [6.45, 7) is 0. The Hall–Kier alpha value is -7.23. The fourth-order valence-corrected chi connectivity index (χ4v) is 5.48. The Labute approximate surface area is 360 Å². The van der Waals surface area contributed by atoms with E-state index in [0.717, 1.165) is 0 Å². The summed E-state index contributed by atoms with van der Waals surface area (Å²) in [5.74, 6) is -2.72. The molecule has 0 aliphatic carbocycles. The monoisotopic (exact) mass is 720 g/mol. The minimum Gasteiger partial charge on any atom is -0.208 e. The van der Waals surface area contributed by atoms with Gasteiger partial charge in [-0.15, -0.1) is 0 Å². The van der Waals surface area contributed by atoms with Gasteiger partial charge in [-0.05, 0) is 89.9 Å². The van der Waals surface area contributed by atoms with E-state index in [1.165, 1.54) is 0 Å². The first-order chi connectivity index (χ1) is 40.5. The van der Waals surface area contributed by atoms with Gasteiger partial charge in [-0.3, -0.25) is 0 Å². The van der Waals surface area contributed by atoms with Crippen LogP contribution in [0.25, 0.3) is 99.9 Å². The Balaban J connectivity index is 1.31. The van der Waals surface area contributed by atoms with Gasteiger partial charge in [0.15, 0.2) is 17.5 Å². The molecule has 0 saturated carbocycles. The lowest BCUT2D eigenvalue weighted by atomic mass is 9.91. The van der Waals surface area contributed by atoms with Crippen LogP contribution in [0, 0.1) is 0 Å². The Kier molecular flexibility index (Phi) is 3.08. The minimum absolute atomic E-state index is 0.504. The van der Waals surface area contributed by atoms with E-state index in [9.17, 15) is 11.0 Å². The molecule has 0 spiro atoms. The van der Waals surface area contributed by atoms with Crippen molar-refractivity contribution in [2.75, 3.05) is 0 Å². The third kappa shape index (κ3) is 5.78. The van der Waals surface area contributed by atoms with Crippen molar-refractivity contribution in [3.63, 3.8) is 0 Å². The molecule has 3 nitrogen and oxygen atoms in total. The van der Waals surface area contributed by atoms with E-state index < -0.39 is 299 Å². The van der Waals surface area contributed by atoms with Gasteiger partial charge in [-0.25, -0.2) is 15.0 Å². The molecular formula is C51H33N3. The van der Waals surface area contributed by atoms with E-state index >= 15 is 0 Å². The van der Waals surface area contributed by atoms with Crippen LogP contribution in [0.1, 0.15) is 45.2 Å². The summed E-state index contributed by atoms with van der Waals surface area (Å²) >= 11 is 0. The normalized spacial score (nSPS) is 19.9. The SMILES string of the molecule is [2H]c1c([2H])c([2H])c(-c2nc(-c3c([2H])c([2H])c([2H])c([2H])c3[2H])nc(-c3c([2H])c([2H])c([2H])c(-c4c([2H])c([2H])c([2H])c(-c5c([2H])c([2H])c([2H])c(-c6c([2H])c([2H])c7c8c([2H])c([2H])c([2H])c([2H])c8c8c([2H])c([2H])c([2H])c([2H])c8c7c6[2H])c5[2H])c4[2H])c3[2H])n2)c([2H])c1[2H]. The van der Waals surface area contributed by atoms with Crippen molar-refractivity contribution in [1.82, 2.24) is 15.0 Å². The third-order valence-electron chi connectivity index (χ3n) is 7.87. The zero-order chi connectivity index (χ0) is 64.6. The van der Waals surface area contributed by atoms with Gasteiger partial charge >= 0.3 is 0 Å². The van der Waals surface area contributed by atoms with Gasteiger partial charge in [0.25, 0.3) is 0 Å². The molecule has 3 heteroatoms. The molecule has 0 unspecified atom stereocenters. The highest BCUT2D eigenvalue weighted by atomic mass is 15.0.